The number of nitriles is 1. The van der Waals surface area contributed by atoms with Crippen LogP contribution in [0.2, 0.25) is 0 Å². The lowest BCUT2D eigenvalue weighted by atomic mass is 10.1. The standard InChI is InChI=1S/C13H14F3N3/c1-9-8-19(5-4-18-9)12-3-2-11(13(14,15)16)6-10(12)7-17/h2-3,6,9,18H,4-5,8H2,1H3/t9-/m0/s1. The zero-order valence-electron chi connectivity index (χ0n) is 10.5. The molecule has 0 unspecified atom stereocenters. The van der Waals surface area contributed by atoms with Gasteiger partial charge in [0.25, 0.3) is 0 Å². The third kappa shape index (κ3) is 2.99. The van der Waals surface area contributed by atoms with Crippen LogP contribution in [0, 0.1) is 11.3 Å². The second-order valence-electron chi connectivity index (χ2n) is 4.64. The molecule has 1 aliphatic rings. The highest BCUT2D eigenvalue weighted by Gasteiger charge is 2.31. The van der Waals surface area contributed by atoms with Crippen molar-refractivity contribution in [1.82, 2.24) is 5.32 Å². The van der Waals surface area contributed by atoms with E-state index < -0.39 is 11.7 Å². The second-order valence-corrected chi connectivity index (χ2v) is 4.64. The molecule has 0 bridgehead atoms. The van der Waals surface area contributed by atoms with Crippen LogP contribution < -0.4 is 10.2 Å². The van der Waals surface area contributed by atoms with Crippen LogP contribution in [-0.4, -0.2) is 25.7 Å². The van der Waals surface area contributed by atoms with Crippen molar-refractivity contribution < 1.29 is 13.2 Å². The fraction of sp³-hybridized carbons (Fsp3) is 0.462. The van der Waals surface area contributed by atoms with Gasteiger partial charge in [-0.1, -0.05) is 0 Å². The highest BCUT2D eigenvalue weighted by atomic mass is 19.4. The molecule has 0 spiro atoms. The van der Waals surface area contributed by atoms with Crippen molar-refractivity contribution in [2.75, 3.05) is 24.5 Å². The predicted molar refractivity (Wildman–Crippen MR) is 65.8 cm³/mol. The number of halogens is 3. The van der Waals surface area contributed by atoms with E-state index in [0.717, 1.165) is 18.7 Å². The number of hydrogen-bond acceptors (Lipinski definition) is 3. The lowest BCUT2D eigenvalue weighted by Gasteiger charge is -2.34. The number of nitrogens with zero attached hydrogens (tertiary/aromatic N) is 2. The van der Waals surface area contributed by atoms with Gasteiger partial charge in [-0.2, -0.15) is 18.4 Å². The number of piperazine rings is 1. The monoisotopic (exact) mass is 269 g/mol. The summed E-state index contributed by atoms with van der Waals surface area (Å²) in [5.41, 5.74) is -0.135. The first kappa shape index (κ1) is 13.7. The van der Waals surface area contributed by atoms with Gasteiger partial charge in [0.15, 0.2) is 0 Å². The number of anilines is 1. The van der Waals surface area contributed by atoms with Gasteiger partial charge in [0.1, 0.15) is 6.07 Å². The van der Waals surface area contributed by atoms with E-state index in [1.165, 1.54) is 6.07 Å². The maximum Gasteiger partial charge on any atom is 0.416 e. The van der Waals surface area contributed by atoms with Gasteiger partial charge in [-0.25, -0.2) is 0 Å². The summed E-state index contributed by atoms with van der Waals surface area (Å²) in [6, 6.07) is 5.45. The largest absolute Gasteiger partial charge is 0.416 e. The number of nitrogens with one attached hydrogen (secondary N) is 1. The van der Waals surface area contributed by atoms with Crippen molar-refractivity contribution in [2.24, 2.45) is 0 Å². The van der Waals surface area contributed by atoms with Crippen LogP contribution >= 0.6 is 0 Å². The summed E-state index contributed by atoms with van der Waals surface area (Å²) in [6.45, 7) is 4.12. The second kappa shape index (κ2) is 5.10. The Morgan fingerprint density at radius 2 is 2.16 bits per heavy atom. The summed E-state index contributed by atoms with van der Waals surface area (Å²) >= 11 is 0. The van der Waals surface area contributed by atoms with Crippen LogP contribution in [-0.2, 0) is 6.18 Å². The molecule has 6 heteroatoms. The minimum Gasteiger partial charge on any atom is -0.368 e. The average molecular weight is 269 g/mol. The van der Waals surface area contributed by atoms with E-state index in [-0.39, 0.29) is 11.6 Å². The van der Waals surface area contributed by atoms with Gasteiger partial charge in [0.2, 0.25) is 0 Å². The number of rotatable bonds is 1. The molecule has 1 N–H and O–H groups in total. The van der Waals surface area contributed by atoms with E-state index in [2.05, 4.69) is 5.32 Å². The lowest BCUT2D eigenvalue weighted by molar-refractivity contribution is -0.137. The molecule has 1 atom stereocenters. The van der Waals surface area contributed by atoms with Crippen molar-refractivity contribution in [1.29, 1.82) is 5.26 Å². The van der Waals surface area contributed by atoms with Gasteiger partial charge in [-0.3, -0.25) is 0 Å². The summed E-state index contributed by atoms with van der Waals surface area (Å²) < 4.78 is 37.8. The molecule has 1 saturated heterocycles. The molecule has 2 rings (SSSR count). The summed E-state index contributed by atoms with van der Waals surface area (Å²) in [7, 11) is 0. The zero-order chi connectivity index (χ0) is 14.0. The molecule has 0 saturated carbocycles. The van der Waals surface area contributed by atoms with E-state index in [0.29, 0.717) is 18.8 Å². The van der Waals surface area contributed by atoms with Crippen molar-refractivity contribution in [3.63, 3.8) is 0 Å². The summed E-state index contributed by atoms with van der Waals surface area (Å²) in [5.74, 6) is 0. The van der Waals surface area contributed by atoms with Crippen LogP contribution in [0.1, 0.15) is 18.1 Å². The van der Waals surface area contributed by atoms with E-state index in [9.17, 15) is 13.2 Å². The number of benzene rings is 1. The van der Waals surface area contributed by atoms with Crippen LogP contribution in [0.3, 0.4) is 0 Å². The first-order chi connectivity index (χ1) is 8.91. The van der Waals surface area contributed by atoms with Gasteiger partial charge in [-0.05, 0) is 25.1 Å². The number of hydrogen-bond donors (Lipinski definition) is 1. The summed E-state index contributed by atoms with van der Waals surface area (Å²) in [5, 5.41) is 12.3. The molecule has 3 nitrogen and oxygen atoms in total. The molecule has 1 aliphatic heterocycles. The smallest absolute Gasteiger partial charge is 0.368 e. The third-order valence-electron chi connectivity index (χ3n) is 3.15. The molecule has 1 fully saturated rings. The first-order valence-electron chi connectivity index (χ1n) is 6.01. The van der Waals surface area contributed by atoms with Crippen molar-refractivity contribution in [2.45, 2.75) is 19.1 Å². The Morgan fingerprint density at radius 3 is 2.74 bits per heavy atom. The summed E-state index contributed by atoms with van der Waals surface area (Å²) in [4.78, 5) is 1.94. The Labute approximate surface area is 109 Å². The molecular weight excluding hydrogens is 255 g/mol. The Bertz CT molecular complexity index is 505. The average Bonchev–Trinajstić information content (AvgIpc) is 2.37. The minimum atomic E-state index is -4.42. The normalized spacial score (nSPS) is 20.2. The Morgan fingerprint density at radius 1 is 1.42 bits per heavy atom. The first-order valence-corrected chi connectivity index (χ1v) is 6.01. The van der Waals surface area contributed by atoms with Gasteiger partial charge in [-0.15, -0.1) is 0 Å². The predicted octanol–water partition coefficient (Wildman–Crippen LogP) is 2.38. The minimum absolute atomic E-state index is 0.0731. The summed E-state index contributed by atoms with van der Waals surface area (Å²) in [6.07, 6.45) is -4.42. The zero-order valence-corrected chi connectivity index (χ0v) is 10.5. The molecule has 1 heterocycles. The van der Waals surface area contributed by atoms with Gasteiger partial charge in [0.05, 0.1) is 16.8 Å². The maximum absolute atomic E-state index is 12.6. The van der Waals surface area contributed by atoms with Gasteiger partial charge < -0.3 is 10.2 Å². The molecule has 0 radical (unpaired) electrons. The Hall–Kier alpha value is -1.74. The molecule has 0 aromatic heterocycles. The van der Waals surface area contributed by atoms with Crippen molar-refractivity contribution in [3.05, 3.63) is 29.3 Å². The third-order valence-corrected chi connectivity index (χ3v) is 3.15. The SMILES string of the molecule is C[C@H]1CN(c2ccc(C(F)(F)F)cc2C#N)CCN1. The lowest BCUT2D eigenvalue weighted by Crippen LogP contribution is -2.49. The Kier molecular flexibility index (Phi) is 3.67. The van der Waals surface area contributed by atoms with Crippen LogP contribution in [0.25, 0.3) is 0 Å². The van der Waals surface area contributed by atoms with E-state index >= 15 is 0 Å². The molecular formula is C13H14F3N3. The quantitative estimate of drug-likeness (QED) is 0.850. The maximum atomic E-state index is 12.6. The molecule has 1 aromatic carbocycles. The molecule has 1 aromatic rings. The fourth-order valence-electron chi connectivity index (χ4n) is 2.23. The Balaban J connectivity index is 2.34. The molecule has 0 amide bonds. The van der Waals surface area contributed by atoms with Crippen LogP contribution in [0.4, 0.5) is 18.9 Å². The highest BCUT2D eigenvalue weighted by molar-refractivity contribution is 5.61. The molecule has 102 valence electrons. The molecule has 0 aliphatic carbocycles. The molecule has 19 heavy (non-hydrogen) atoms. The van der Waals surface area contributed by atoms with E-state index in [1.807, 2.05) is 17.9 Å². The number of alkyl halides is 3. The van der Waals surface area contributed by atoms with Crippen LogP contribution in [0.5, 0.6) is 0 Å². The van der Waals surface area contributed by atoms with Crippen molar-refractivity contribution >= 4 is 5.69 Å². The van der Waals surface area contributed by atoms with Crippen LogP contribution in [0.15, 0.2) is 18.2 Å². The van der Waals surface area contributed by atoms with Gasteiger partial charge in [0, 0.05) is 25.7 Å². The van der Waals surface area contributed by atoms with E-state index in [1.54, 1.807) is 0 Å². The highest BCUT2D eigenvalue weighted by Crippen LogP contribution is 2.32. The van der Waals surface area contributed by atoms with E-state index in [4.69, 9.17) is 5.26 Å². The van der Waals surface area contributed by atoms with Gasteiger partial charge >= 0.3 is 6.18 Å². The fourth-order valence-corrected chi connectivity index (χ4v) is 2.23. The van der Waals surface area contributed by atoms with Crippen molar-refractivity contribution in [3.8, 4) is 6.07 Å². The topological polar surface area (TPSA) is 39.1 Å².